The van der Waals surface area contributed by atoms with E-state index >= 15 is 0 Å². The Labute approximate surface area is 104 Å². The topological polar surface area (TPSA) is 12.0 Å². The van der Waals surface area contributed by atoms with Crippen LogP contribution in [0.15, 0.2) is 24.3 Å². The molecule has 0 aliphatic rings. The molecule has 96 valence electrons. The summed E-state index contributed by atoms with van der Waals surface area (Å²) in [6.07, 6.45) is 4.57. The standard InChI is InChI=1S/C15H24FN/c1-4-6-15(5-2)17-12(3)11-13-7-9-14(16)10-8-13/h7-10,12,15,17H,4-6,11H2,1-3H3. The first kappa shape index (κ1) is 14.2. The number of rotatable bonds is 7. The number of nitrogens with one attached hydrogen (secondary N) is 1. The van der Waals surface area contributed by atoms with Crippen LogP contribution in [0.4, 0.5) is 4.39 Å². The molecule has 0 saturated heterocycles. The molecular formula is C15H24FN. The van der Waals surface area contributed by atoms with E-state index in [4.69, 9.17) is 0 Å². The summed E-state index contributed by atoms with van der Waals surface area (Å²) in [7, 11) is 0. The predicted molar refractivity (Wildman–Crippen MR) is 71.7 cm³/mol. The molecule has 0 spiro atoms. The van der Waals surface area contributed by atoms with Crippen LogP contribution >= 0.6 is 0 Å². The van der Waals surface area contributed by atoms with Gasteiger partial charge in [0.1, 0.15) is 5.82 Å². The molecule has 1 aromatic rings. The van der Waals surface area contributed by atoms with Gasteiger partial charge in [-0.05, 0) is 43.9 Å². The Hall–Kier alpha value is -0.890. The van der Waals surface area contributed by atoms with Crippen LogP contribution in [0, 0.1) is 5.82 Å². The van der Waals surface area contributed by atoms with Crippen molar-refractivity contribution < 1.29 is 4.39 Å². The van der Waals surface area contributed by atoms with E-state index in [9.17, 15) is 4.39 Å². The molecule has 0 amide bonds. The van der Waals surface area contributed by atoms with Crippen molar-refractivity contribution in [2.75, 3.05) is 0 Å². The highest BCUT2D eigenvalue weighted by molar-refractivity contribution is 5.17. The average Bonchev–Trinajstić information content (AvgIpc) is 2.31. The van der Waals surface area contributed by atoms with Crippen molar-refractivity contribution in [1.29, 1.82) is 0 Å². The SMILES string of the molecule is CCCC(CC)NC(C)Cc1ccc(F)cc1. The van der Waals surface area contributed by atoms with Crippen LogP contribution in [0.25, 0.3) is 0 Å². The molecule has 1 aromatic carbocycles. The van der Waals surface area contributed by atoms with Crippen molar-refractivity contribution in [2.24, 2.45) is 0 Å². The molecule has 2 unspecified atom stereocenters. The highest BCUT2D eigenvalue weighted by atomic mass is 19.1. The Morgan fingerprint density at radius 3 is 2.35 bits per heavy atom. The van der Waals surface area contributed by atoms with Crippen molar-refractivity contribution in [3.8, 4) is 0 Å². The number of hydrogen-bond donors (Lipinski definition) is 1. The maximum absolute atomic E-state index is 12.8. The van der Waals surface area contributed by atoms with Crippen LogP contribution in [0.5, 0.6) is 0 Å². The highest BCUT2D eigenvalue weighted by Crippen LogP contribution is 2.08. The summed E-state index contributed by atoms with van der Waals surface area (Å²) < 4.78 is 12.8. The molecule has 17 heavy (non-hydrogen) atoms. The maximum atomic E-state index is 12.8. The molecule has 0 aromatic heterocycles. The molecule has 2 heteroatoms. The first-order chi connectivity index (χ1) is 8.15. The molecule has 0 aliphatic carbocycles. The maximum Gasteiger partial charge on any atom is 0.123 e. The molecule has 2 atom stereocenters. The second-order valence-corrected chi connectivity index (χ2v) is 4.79. The van der Waals surface area contributed by atoms with Crippen molar-refractivity contribution in [3.63, 3.8) is 0 Å². The van der Waals surface area contributed by atoms with Gasteiger partial charge in [0.15, 0.2) is 0 Å². The second-order valence-electron chi connectivity index (χ2n) is 4.79. The van der Waals surface area contributed by atoms with Crippen LogP contribution in [0.2, 0.25) is 0 Å². The van der Waals surface area contributed by atoms with Crippen LogP contribution in [0.3, 0.4) is 0 Å². The molecule has 0 aliphatic heterocycles. The molecule has 1 rings (SSSR count). The Balaban J connectivity index is 2.42. The zero-order valence-corrected chi connectivity index (χ0v) is 11.2. The third kappa shape index (κ3) is 5.31. The van der Waals surface area contributed by atoms with Gasteiger partial charge in [-0.3, -0.25) is 0 Å². The van der Waals surface area contributed by atoms with Gasteiger partial charge in [-0.25, -0.2) is 4.39 Å². The summed E-state index contributed by atoms with van der Waals surface area (Å²) in [6, 6.07) is 7.85. The summed E-state index contributed by atoms with van der Waals surface area (Å²) in [5.74, 6) is -0.160. The lowest BCUT2D eigenvalue weighted by molar-refractivity contribution is 0.408. The Morgan fingerprint density at radius 1 is 1.18 bits per heavy atom. The molecule has 0 heterocycles. The van der Waals surface area contributed by atoms with Gasteiger partial charge in [-0.1, -0.05) is 32.4 Å². The zero-order chi connectivity index (χ0) is 12.7. The largest absolute Gasteiger partial charge is 0.311 e. The minimum atomic E-state index is -0.160. The average molecular weight is 237 g/mol. The van der Waals surface area contributed by atoms with Gasteiger partial charge in [0.25, 0.3) is 0 Å². The Morgan fingerprint density at radius 2 is 1.82 bits per heavy atom. The predicted octanol–water partition coefficient (Wildman–Crippen LogP) is 3.93. The minimum Gasteiger partial charge on any atom is -0.311 e. The first-order valence-electron chi connectivity index (χ1n) is 6.66. The first-order valence-corrected chi connectivity index (χ1v) is 6.66. The van der Waals surface area contributed by atoms with Gasteiger partial charge in [-0.15, -0.1) is 0 Å². The highest BCUT2D eigenvalue weighted by Gasteiger charge is 2.09. The molecule has 1 nitrogen and oxygen atoms in total. The van der Waals surface area contributed by atoms with Gasteiger partial charge in [-0.2, -0.15) is 0 Å². The fraction of sp³-hybridized carbons (Fsp3) is 0.600. The van der Waals surface area contributed by atoms with Gasteiger partial charge in [0.05, 0.1) is 0 Å². The van der Waals surface area contributed by atoms with E-state index in [0.717, 1.165) is 6.42 Å². The summed E-state index contributed by atoms with van der Waals surface area (Å²) in [4.78, 5) is 0. The lowest BCUT2D eigenvalue weighted by atomic mass is 10.0. The molecule has 0 fully saturated rings. The van der Waals surface area contributed by atoms with Crippen LogP contribution in [-0.2, 0) is 6.42 Å². The smallest absolute Gasteiger partial charge is 0.123 e. The minimum absolute atomic E-state index is 0.160. The molecule has 0 radical (unpaired) electrons. The third-order valence-corrected chi connectivity index (χ3v) is 3.11. The van der Waals surface area contributed by atoms with Gasteiger partial charge >= 0.3 is 0 Å². The summed E-state index contributed by atoms with van der Waals surface area (Å²) in [5.41, 5.74) is 1.19. The molecular weight excluding hydrogens is 213 g/mol. The van der Waals surface area contributed by atoms with E-state index < -0.39 is 0 Å². The number of hydrogen-bond acceptors (Lipinski definition) is 1. The van der Waals surface area contributed by atoms with E-state index in [-0.39, 0.29) is 5.82 Å². The zero-order valence-electron chi connectivity index (χ0n) is 11.2. The number of halogens is 1. The lowest BCUT2D eigenvalue weighted by Gasteiger charge is -2.22. The van der Waals surface area contributed by atoms with Crippen molar-refractivity contribution in [3.05, 3.63) is 35.6 Å². The quantitative estimate of drug-likeness (QED) is 0.757. The number of benzene rings is 1. The summed E-state index contributed by atoms with van der Waals surface area (Å²) in [5, 5.41) is 3.64. The van der Waals surface area contributed by atoms with E-state index in [2.05, 4.69) is 26.1 Å². The van der Waals surface area contributed by atoms with Crippen LogP contribution < -0.4 is 5.32 Å². The van der Waals surface area contributed by atoms with Gasteiger partial charge in [0, 0.05) is 12.1 Å². The molecule has 0 bridgehead atoms. The fourth-order valence-electron chi connectivity index (χ4n) is 2.19. The summed E-state index contributed by atoms with van der Waals surface area (Å²) in [6.45, 7) is 6.63. The monoisotopic (exact) mass is 237 g/mol. The molecule has 0 saturated carbocycles. The van der Waals surface area contributed by atoms with E-state index in [1.165, 1.54) is 37.0 Å². The molecule has 1 N–H and O–H groups in total. The van der Waals surface area contributed by atoms with Gasteiger partial charge in [0.2, 0.25) is 0 Å². The normalized spacial score (nSPS) is 14.6. The van der Waals surface area contributed by atoms with Crippen molar-refractivity contribution in [1.82, 2.24) is 5.32 Å². The van der Waals surface area contributed by atoms with E-state index in [1.54, 1.807) is 0 Å². The van der Waals surface area contributed by atoms with Gasteiger partial charge < -0.3 is 5.32 Å². The van der Waals surface area contributed by atoms with Crippen molar-refractivity contribution >= 4 is 0 Å². The lowest BCUT2D eigenvalue weighted by Crippen LogP contribution is -2.37. The second kappa shape index (κ2) is 7.44. The Kier molecular flexibility index (Phi) is 6.20. The third-order valence-electron chi connectivity index (χ3n) is 3.11. The van der Waals surface area contributed by atoms with Crippen LogP contribution in [0.1, 0.15) is 45.6 Å². The van der Waals surface area contributed by atoms with E-state index in [1.807, 2.05) is 12.1 Å². The summed E-state index contributed by atoms with van der Waals surface area (Å²) >= 11 is 0. The fourth-order valence-corrected chi connectivity index (χ4v) is 2.19. The van der Waals surface area contributed by atoms with Crippen molar-refractivity contribution in [2.45, 2.75) is 58.5 Å². The Bertz CT molecular complexity index is 307. The van der Waals surface area contributed by atoms with Crippen LogP contribution in [-0.4, -0.2) is 12.1 Å². The van der Waals surface area contributed by atoms with E-state index in [0.29, 0.717) is 12.1 Å².